The van der Waals surface area contributed by atoms with Crippen molar-refractivity contribution in [2.75, 3.05) is 12.3 Å². The molecule has 174 valence electrons. The smallest absolute Gasteiger partial charge is 0.255 e. The number of nitrogens with one attached hydrogen (secondary N) is 3. The van der Waals surface area contributed by atoms with Gasteiger partial charge in [-0.3, -0.25) is 9.59 Å². The molecule has 0 spiro atoms. The number of carbonyl (C=O) groups excluding carboxylic acids is 2. The highest BCUT2D eigenvalue weighted by atomic mass is 35.5. The van der Waals surface area contributed by atoms with Gasteiger partial charge >= 0.3 is 0 Å². The van der Waals surface area contributed by atoms with Crippen molar-refractivity contribution >= 4 is 40.0 Å². The Hall–Kier alpha value is -4.29. The van der Waals surface area contributed by atoms with Crippen LogP contribution in [0.4, 0.5) is 5.82 Å². The first-order valence-corrected chi connectivity index (χ1v) is 11.6. The summed E-state index contributed by atoms with van der Waals surface area (Å²) in [7, 11) is 0. The van der Waals surface area contributed by atoms with Crippen LogP contribution in [-0.4, -0.2) is 28.2 Å². The Kier molecular flexibility index (Phi) is 6.12. The fourth-order valence-electron chi connectivity index (χ4n) is 4.33. The van der Waals surface area contributed by atoms with Crippen LogP contribution in [0.15, 0.2) is 85.1 Å². The van der Waals surface area contributed by atoms with E-state index in [-0.39, 0.29) is 28.8 Å². The predicted molar refractivity (Wildman–Crippen MR) is 140 cm³/mol. The van der Waals surface area contributed by atoms with Crippen molar-refractivity contribution in [2.24, 2.45) is 0 Å². The molecule has 1 amide bonds. The Morgan fingerprint density at radius 3 is 2.43 bits per heavy atom. The molecule has 5 aromatic rings. The molecule has 5 rings (SSSR count). The maximum absolute atomic E-state index is 13.4. The molecule has 2 aromatic heterocycles. The summed E-state index contributed by atoms with van der Waals surface area (Å²) in [6.45, 7) is 0.398. The maximum atomic E-state index is 13.4. The number of anilines is 1. The van der Waals surface area contributed by atoms with E-state index >= 15 is 0 Å². The number of nitrogens with two attached hydrogens (primary N) is 1. The Morgan fingerprint density at radius 1 is 0.914 bits per heavy atom. The summed E-state index contributed by atoms with van der Waals surface area (Å²) in [5.74, 6) is -0.533. The van der Waals surface area contributed by atoms with Gasteiger partial charge in [0.2, 0.25) is 5.78 Å². The van der Waals surface area contributed by atoms with E-state index in [0.717, 1.165) is 16.5 Å². The predicted octanol–water partition coefficient (Wildman–Crippen LogP) is 5.60. The molecule has 0 fully saturated rings. The number of amides is 1. The molecule has 0 unspecified atom stereocenters. The van der Waals surface area contributed by atoms with E-state index in [1.54, 1.807) is 48.5 Å². The molecule has 5 N–H and O–H groups in total. The number of ketones is 1. The molecule has 0 bridgehead atoms. The van der Waals surface area contributed by atoms with Crippen molar-refractivity contribution in [2.45, 2.75) is 6.42 Å². The average molecular weight is 483 g/mol. The van der Waals surface area contributed by atoms with Crippen LogP contribution in [0.3, 0.4) is 0 Å². The molecular formula is C28H23ClN4O2. The van der Waals surface area contributed by atoms with Gasteiger partial charge in [-0.15, -0.1) is 0 Å². The van der Waals surface area contributed by atoms with E-state index < -0.39 is 0 Å². The molecular weight excluding hydrogens is 460 g/mol. The molecule has 2 heterocycles. The van der Waals surface area contributed by atoms with Gasteiger partial charge < -0.3 is 21.0 Å². The zero-order valence-electron chi connectivity index (χ0n) is 18.8. The quantitative estimate of drug-likeness (QED) is 0.227. The van der Waals surface area contributed by atoms with Crippen molar-refractivity contribution in [1.82, 2.24) is 15.3 Å². The third-order valence-electron chi connectivity index (χ3n) is 6.02. The maximum Gasteiger partial charge on any atom is 0.255 e. The van der Waals surface area contributed by atoms with E-state index in [0.29, 0.717) is 34.7 Å². The van der Waals surface area contributed by atoms with Crippen LogP contribution in [0.2, 0.25) is 5.02 Å². The van der Waals surface area contributed by atoms with Gasteiger partial charge in [0.15, 0.2) is 0 Å². The number of halogens is 1. The van der Waals surface area contributed by atoms with E-state index in [1.165, 1.54) is 0 Å². The molecule has 35 heavy (non-hydrogen) atoms. The fraction of sp³-hybridized carbons (Fsp3) is 0.0714. The van der Waals surface area contributed by atoms with Gasteiger partial charge in [0.1, 0.15) is 5.82 Å². The van der Waals surface area contributed by atoms with Gasteiger partial charge in [0.25, 0.3) is 5.91 Å². The van der Waals surface area contributed by atoms with Crippen molar-refractivity contribution in [3.05, 3.63) is 112 Å². The number of hydrogen-bond donors (Lipinski definition) is 4. The second-order valence-electron chi connectivity index (χ2n) is 8.20. The number of hydrogen-bond acceptors (Lipinski definition) is 3. The highest BCUT2D eigenvalue weighted by molar-refractivity contribution is 6.34. The minimum Gasteiger partial charge on any atom is -0.385 e. The first-order valence-electron chi connectivity index (χ1n) is 11.2. The third-order valence-corrected chi connectivity index (χ3v) is 6.35. The van der Waals surface area contributed by atoms with Crippen LogP contribution < -0.4 is 11.1 Å². The van der Waals surface area contributed by atoms with Gasteiger partial charge in [-0.05, 0) is 24.1 Å². The van der Waals surface area contributed by atoms with Gasteiger partial charge in [-0.25, -0.2) is 0 Å². The zero-order valence-corrected chi connectivity index (χ0v) is 19.5. The number of benzene rings is 3. The Labute approximate surface area is 207 Å². The average Bonchev–Trinajstić information content (AvgIpc) is 3.45. The van der Waals surface area contributed by atoms with Gasteiger partial charge in [-0.2, -0.15) is 0 Å². The summed E-state index contributed by atoms with van der Waals surface area (Å²) >= 11 is 6.49. The number of para-hydroxylation sites is 1. The first-order chi connectivity index (χ1) is 17.0. The van der Waals surface area contributed by atoms with Crippen LogP contribution in [0.5, 0.6) is 0 Å². The third kappa shape index (κ3) is 4.32. The van der Waals surface area contributed by atoms with Gasteiger partial charge in [-0.1, -0.05) is 78.3 Å². The number of aromatic nitrogens is 2. The van der Waals surface area contributed by atoms with Crippen molar-refractivity contribution in [1.29, 1.82) is 0 Å². The molecule has 0 atom stereocenters. The highest BCUT2D eigenvalue weighted by Crippen LogP contribution is 2.37. The molecule has 6 nitrogen and oxygen atoms in total. The highest BCUT2D eigenvalue weighted by Gasteiger charge is 2.28. The Morgan fingerprint density at radius 2 is 1.63 bits per heavy atom. The van der Waals surface area contributed by atoms with Crippen LogP contribution in [0, 0.1) is 0 Å². The summed E-state index contributed by atoms with van der Waals surface area (Å²) in [6, 6.07) is 24.0. The van der Waals surface area contributed by atoms with Crippen molar-refractivity contribution < 1.29 is 9.59 Å². The van der Waals surface area contributed by atoms with Crippen LogP contribution >= 0.6 is 11.6 Å². The lowest BCUT2D eigenvalue weighted by atomic mass is 9.96. The molecule has 0 saturated carbocycles. The standard InChI is InChI=1S/C28H23ClN4O2/c29-21-12-6-4-11-20(21)23-24(27(30)33-25(23)26(34)17-8-2-1-3-9-17)28(35)31-15-14-18-16-32-22-13-7-5-10-19(18)22/h1-13,16,32-33H,14-15,30H2,(H,31,35). The fourth-order valence-corrected chi connectivity index (χ4v) is 4.56. The Balaban J connectivity index is 1.48. The molecule has 0 aliphatic carbocycles. The molecule has 0 aliphatic rings. The number of carbonyl (C=O) groups is 2. The van der Waals surface area contributed by atoms with Crippen molar-refractivity contribution in [3.8, 4) is 11.1 Å². The van der Waals surface area contributed by atoms with Gasteiger partial charge in [0.05, 0.1) is 11.3 Å². The van der Waals surface area contributed by atoms with Crippen LogP contribution in [0.25, 0.3) is 22.0 Å². The first kappa shape index (κ1) is 22.5. The molecule has 0 saturated heterocycles. The van der Waals surface area contributed by atoms with Crippen molar-refractivity contribution in [3.63, 3.8) is 0 Å². The lowest BCUT2D eigenvalue weighted by molar-refractivity contribution is 0.0955. The second kappa shape index (κ2) is 9.52. The summed E-state index contributed by atoms with van der Waals surface area (Å²) < 4.78 is 0. The lowest BCUT2D eigenvalue weighted by Crippen LogP contribution is -2.26. The summed E-state index contributed by atoms with van der Waals surface area (Å²) in [5.41, 5.74) is 10.3. The number of rotatable bonds is 7. The number of nitrogen functional groups attached to an aromatic ring is 1. The molecule has 7 heteroatoms. The van der Waals surface area contributed by atoms with E-state index in [2.05, 4.69) is 15.3 Å². The molecule has 0 aliphatic heterocycles. The Bertz CT molecular complexity index is 1540. The lowest BCUT2D eigenvalue weighted by Gasteiger charge is -2.10. The number of H-pyrrole nitrogens is 2. The number of aromatic amines is 2. The summed E-state index contributed by atoms with van der Waals surface area (Å²) in [5, 5.41) is 4.50. The minimum absolute atomic E-state index is 0.115. The summed E-state index contributed by atoms with van der Waals surface area (Å²) in [4.78, 5) is 32.9. The SMILES string of the molecule is Nc1[nH]c(C(=O)c2ccccc2)c(-c2ccccc2Cl)c1C(=O)NCCc1c[nH]c2ccccc12. The number of fused-ring (bicyclic) bond motifs is 1. The van der Waals surface area contributed by atoms with Gasteiger partial charge in [0, 0.05) is 45.4 Å². The second-order valence-corrected chi connectivity index (χ2v) is 8.61. The van der Waals surface area contributed by atoms with E-state index in [1.807, 2.05) is 36.5 Å². The molecule has 0 radical (unpaired) electrons. The normalized spacial score (nSPS) is 11.0. The van der Waals surface area contributed by atoms with E-state index in [9.17, 15) is 9.59 Å². The zero-order chi connectivity index (χ0) is 24.4. The monoisotopic (exact) mass is 482 g/mol. The minimum atomic E-state index is -0.374. The topological polar surface area (TPSA) is 104 Å². The molecule has 3 aromatic carbocycles. The largest absolute Gasteiger partial charge is 0.385 e. The van der Waals surface area contributed by atoms with Crippen LogP contribution in [-0.2, 0) is 6.42 Å². The van der Waals surface area contributed by atoms with E-state index in [4.69, 9.17) is 17.3 Å². The summed E-state index contributed by atoms with van der Waals surface area (Å²) in [6.07, 6.45) is 2.59. The van der Waals surface area contributed by atoms with Crippen LogP contribution in [0.1, 0.15) is 32.0 Å².